The number of carbonyl (C=O) groups is 1. The van der Waals surface area contributed by atoms with Crippen molar-refractivity contribution in [3.05, 3.63) is 83.0 Å². The van der Waals surface area contributed by atoms with E-state index in [2.05, 4.69) is 15.3 Å². The molecule has 2 aromatic carbocycles. The molecule has 0 saturated carbocycles. The Hall–Kier alpha value is -3.87. The summed E-state index contributed by atoms with van der Waals surface area (Å²) >= 11 is 0. The van der Waals surface area contributed by atoms with E-state index in [-0.39, 0.29) is 17.8 Å². The fraction of sp³-hybridized carbons (Fsp3) is 0.0500. The first kappa shape index (κ1) is 16.6. The number of nitrogens with one attached hydrogen (secondary N) is 2. The van der Waals surface area contributed by atoms with E-state index in [1.165, 1.54) is 4.57 Å². The second-order valence-electron chi connectivity index (χ2n) is 5.87. The summed E-state index contributed by atoms with van der Waals surface area (Å²) in [6.07, 6.45) is 2.13. The van der Waals surface area contributed by atoms with Gasteiger partial charge in [0.2, 0.25) is 6.41 Å². The molecule has 0 bridgehead atoms. The number of rotatable bonds is 6. The summed E-state index contributed by atoms with van der Waals surface area (Å²) in [7, 11) is 0. The molecule has 0 radical (unpaired) electrons. The van der Waals surface area contributed by atoms with Crippen LogP contribution in [-0.4, -0.2) is 20.9 Å². The number of pyridine rings is 1. The number of hydrogen-bond acceptors (Lipinski definition) is 4. The van der Waals surface area contributed by atoms with Crippen LogP contribution in [0.4, 0.5) is 5.69 Å². The van der Waals surface area contributed by atoms with Gasteiger partial charge < -0.3 is 19.6 Å². The van der Waals surface area contributed by atoms with Crippen LogP contribution in [0.2, 0.25) is 0 Å². The van der Waals surface area contributed by atoms with Crippen LogP contribution >= 0.6 is 0 Å². The molecule has 0 atom stereocenters. The molecule has 0 spiro atoms. The molecule has 7 heteroatoms. The van der Waals surface area contributed by atoms with Crippen molar-refractivity contribution in [3.8, 4) is 11.5 Å². The molecule has 0 aliphatic heterocycles. The van der Waals surface area contributed by atoms with E-state index < -0.39 is 0 Å². The van der Waals surface area contributed by atoms with Gasteiger partial charge in [-0.2, -0.15) is 0 Å². The highest BCUT2D eigenvalue weighted by Crippen LogP contribution is 2.28. The molecule has 7 nitrogen and oxygen atoms in total. The number of para-hydroxylation sites is 2. The molecule has 134 valence electrons. The number of H-pyrrole nitrogens is 1. The number of nitrogens with zero attached hydrogens (tertiary/aromatic N) is 2. The number of benzene rings is 2. The number of amides is 1. The number of carbonyl (C=O) groups excluding carboxylic acids is 1. The Bertz CT molecular complexity index is 1150. The van der Waals surface area contributed by atoms with E-state index in [1.54, 1.807) is 18.3 Å². The van der Waals surface area contributed by atoms with Crippen LogP contribution < -0.4 is 15.6 Å². The van der Waals surface area contributed by atoms with Gasteiger partial charge in [-0.05, 0) is 36.4 Å². The summed E-state index contributed by atoms with van der Waals surface area (Å²) in [6, 6.07) is 18.3. The van der Waals surface area contributed by atoms with Gasteiger partial charge >= 0.3 is 0 Å². The van der Waals surface area contributed by atoms with E-state index in [0.29, 0.717) is 23.5 Å². The van der Waals surface area contributed by atoms with Crippen molar-refractivity contribution >= 4 is 23.1 Å². The molecule has 0 fully saturated rings. The minimum absolute atomic E-state index is 0.219. The summed E-state index contributed by atoms with van der Waals surface area (Å²) in [6.45, 7) is 0.243. The Morgan fingerprint density at radius 1 is 1.07 bits per heavy atom. The lowest BCUT2D eigenvalue weighted by atomic mass is 10.3. The van der Waals surface area contributed by atoms with Crippen LogP contribution in [0.25, 0.3) is 11.0 Å². The zero-order valence-electron chi connectivity index (χ0n) is 14.3. The highest BCUT2D eigenvalue weighted by Gasteiger charge is 2.11. The number of fused-ring (bicyclic) bond motifs is 1. The second kappa shape index (κ2) is 7.17. The van der Waals surface area contributed by atoms with E-state index in [4.69, 9.17) is 4.74 Å². The molecule has 2 heterocycles. The molecular formula is C20H16N4O3. The minimum Gasteiger partial charge on any atom is -0.455 e. The van der Waals surface area contributed by atoms with Gasteiger partial charge in [-0.25, -0.2) is 4.98 Å². The van der Waals surface area contributed by atoms with Crippen LogP contribution in [-0.2, 0) is 11.3 Å². The van der Waals surface area contributed by atoms with Crippen molar-refractivity contribution in [1.29, 1.82) is 0 Å². The van der Waals surface area contributed by atoms with Gasteiger partial charge in [0.1, 0.15) is 22.8 Å². The fourth-order valence-corrected chi connectivity index (χ4v) is 2.83. The topological polar surface area (TPSA) is 89.0 Å². The number of imidazole rings is 1. The first-order chi connectivity index (χ1) is 13.2. The molecule has 4 aromatic rings. The van der Waals surface area contributed by atoms with Crippen LogP contribution in [0, 0.1) is 0 Å². The number of anilines is 1. The molecule has 1 amide bonds. The maximum Gasteiger partial charge on any atom is 0.274 e. The van der Waals surface area contributed by atoms with Gasteiger partial charge in [0.05, 0.1) is 12.1 Å². The third-order valence-corrected chi connectivity index (χ3v) is 4.05. The van der Waals surface area contributed by atoms with Gasteiger partial charge in [-0.3, -0.25) is 9.59 Å². The summed E-state index contributed by atoms with van der Waals surface area (Å²) in [4.78, 5) is 30.8. The van der Waals surface area contributed by atoms with Gasteiger partial charge in [-0.1, -0.05) is 24.3 Å². The first-order valence-corrected chi connectivity index (χ1v) is 8.35. The fourth-order valence-electron chi connectivity index (χ4n) is 2.83. The smallest absolute Gasteiger partial charge is 0.274 e. The summed E-state index contributed by atoms with van der Waals surface area (Å²) < 4.78 is 7.40. The molecule has 0 unspecified atom stereocenters. The lowest BCUT2D eigenvalue weighted by molar-refractivity contribution is -0.105. The third kappa shape index (κ3) is 3.43. The van der Waals surface area contributed by atoms with Crippen molar-refractivity contribution in [3.63, 3.8) is 0 Å². The molecule has 0 aliphatic rings. The van der Waals surface area contributed by atoms with E-state index in [0.717, 1.165) is 11.3 Å². The van der Waals surface area contributed by atoms with Gasteiger partial charge in [0.25, 0.3) is 5.56 Å². The van der Waals surface area contributed by atoms with Crippen molar-refractivity contribution in [2.45, 2.75) is 6.54 Å². The summed E-state index contributed by atoms with van der Waals surface area (Å²) in [5, 5.41) is 2.40. The number of ether oxygens (including phenoxy) is 1. The van der Waals surface area contributed by atoms with Crippen molar-refractivity contribution in [2.75, 3.05) is 5.32 Å². The van der Waals surface area contributed by atoms with Crippen LogP contribution in [0.5, 0.6) is 11.5 Å². The monoisotopic (exact) mass is 360 g/mol. The summed E-state index contributed by atoms with van der Waals surface area (Å²) in [5.41, 5.74) is 1.42. The molecule has 0 saturated heterocycles. The SMILES string of the molecule is O=CNc1cccn(Cc2nc3c(Oc4ccccc4)cccc3[nH]2)c1=O. The van der Waals surface area contributed by atoms with Crippen molar-refractivity contribution < 1.29 is 9.53 Å². The lowest BCUT2D eigenvalue weighted by Gasteiger charge is -2.05. The Labute approximate surface area is 154 Å². The normalized spacial score (nSPS) is 10.7. The average Bonchev–Trinajstić information content (AvgIpc) is 3.10. The number of aromatic amines is 1. The zero-order valence-corrected chi connectivity index (χ0v) is 14.3. The zero-order chi connectivity index (χ0) is 18.6. The largest absolute Gasteiger partial charge is 0.455 e. The standard InChI is InChI=1S/C20H16N4O3/c25-13-21-16-9-5-11-24(20(16)26)12-18-22-15-8-4-10-17(19(15)23-18)27-14-6-2-1-3-7-14/h1-11,13H,12H2,(H,21,25)(H,22,23). The molecule has 2 aromatic heterocycles. The average molecular weight is 360 g/mol. The van der Waals surface area contributed by atoms with E-state index in [9.17, 15) is 9.59 Å². The van der Waals surface area contributed by atoms with Crippen molar-refractivity contribution in [1.82, 2.24) is 14.5 Å². The second-order valence-corrected chi connectivity index (χ2v) is 5.87. The quantitative estimate of drug-likeness (QED) is 0.517. The maximum absolute atomic E-state index is 12.4. The Balaban J connectivity index is 1.67. The Kier molecular flexibility index (Phi) is 4.40. The van der Waals surface area contributed by atoms with E-state index in [1.807, 2.05) is 48.5 Å². The molecule has 2 N–H and O–H groups in total. The van der Waals surface area contributed by atoms with E-state index >= 15 is 0 Å². The van der Waals surface area contributed by atoms with Crippen LogP contribution in [0.15, 0.2) is 71.7 Å². The van der Waals surface area contributed by atoms with Gasteiger partial charge in [-0.15, -0.1) is 0 Å². The van der Waals surface area contributed by atoms with Crippen LogP contribution in [0.3, 0.4) is 0 Å². The highest BCUT2D eigenvalue weighted by atomic mass is 16.5. The predicted molar refractivity (Wildman–Crippen MR) is 102 cm³/mol. The molecule has 27 heavy (non-hydrogen) atoms. The van der Waals surface area contributed by atoms with Gasteiger partial charge in [0, 0.05) is 6.20 Å². The highest BCUT2D eigenvalue weighted by molar-refractivity contribution is 5.82. The number of hydrogen-bond donors (Lipinski definition) is 2. The Morgan fingerprint density at radius 3 is 2.74 bits per heavy atom. The molecule has 0 aliphatic carbocycles. The minimum atomic E-state index is -0.300. The first-order valence-electron chi connectivity index (χ1n) is 8.35. The third-order valence-electron chi connectivity index (χ3n) is 4.05. The Morgan fingerprint density at radius 2 is 1.93 bits per heavy atom. The summed E-state index contributed by atoms with van der Waals surface area (Å²) in [5.74, 6) is 1.96. The number of aromatic nitrogens is 3. The molecule has 4 rings (SSSR count). The van der Waals surface area contributed by atoms with Gasteiger partial charge in [0.15, 0.2) is 5.75 Å². The lowest BCUT2D eigenvalue weighted by Crippen LogP contribution is -2.23. The predicted octanol–water partition coefficient (Wildman–Crippen LogP) is 3.13. The maximum atomic E-state index is 12.4. The van der Waals surface area contributed by atoms with Crippen molar-refractivity contribution in [2.24, 2.45) is 0 Å². The van der Waals surface area contributed by atoms with Crippen LogP contribution in [0.1, 0.15) is 5.82 Å². The molecular weight excluding hydrogens is 344 g/mol.